The first-order valence-electron chi connectivity index (χ1n) is 8.14. The molecule has 1 aliphatic carbocycles. The van der Waals surface area contributed by atoms with Gasteiger partial charge < -0.3 is 20.5 Å². The van der Waals surface area contributed by atoms with Crippen molar-refractivity contribution >= 4 is 11.5 Å². The SMILES string of the molecule is COCCOc1nc(CC(C)C)nc(NC2CCCC2)c1N. The van der Waals surface area contributed by atoms with Gasteiger partial charge in [0.05, 0.1) is 6.61 Å². The molecule has 1 saturated carbocycles. The molecule has 6 heteroatoms. The molecule has 0 amide bonds. The number of anilines is 2. The van der Waals surface area contributed by atoms with Crippen LogP contribution in [-0.4, -0.2) is 36.3 Å². The lowest BCUT2D eigenvalue weighted by molar-refractivity contribution is 0.144. The molecule has 0 bridgehead atoms. The smallest absolute Gasteiger partial charge is 0.242 e. The number of methoxy groups -OCH3 is 1. The van der Waals surface area contributed by atoms with Crippen LogP contribution in [0.2, 0.25) is 0 Å². The predicted octanol–water partition coefficient (Wildman–Crippen LogP) is 2.64. The molecular weight excluding hydrogens is 280 g/mol. The Labute approximate surface area is 132 Å². The van der Waals surface area contributed by atoms with Gasteiger partial charge in [-0.15, -0.1) is 0 Å². The highest BCUT2D eigenvalue weighted by atomic mass is 16.5. The predicted molar refractivity (Wildman–Crippen MR) is 88.2 cm³/mol. The second-order valence-corrected chi connectivity index (χ2v) is 6.27. The molecule has 1 aliphatic rings. The molecule has 0 unspecified atom stereocenters. The zero-order valence-electron chi connectivity index (χ0n) is 13.9. The molecule has 1 fully saturated rings. The molecule has 0 aromatic carbocycles. The minimum Gasteiger partial charge on any atom is -0.474 e. The fourth-order valence-electron chi connectivity index (χ4n) is 2.65. The van der Waals surface area contributed by atoms with Crippen LogP contribution < -0.4 is 15.8 Å². The van der Waals surface area contributed by atoms with Gasteiger partial charge in [-0.05, 0) is 18.8 Å². The van der Waals surface area contributed by atoms with Gasteiger partial charge in [0.15, 0.2) is 5.82 Å². The van der Waals surface area contributed by atoms with Crippen LogP contribution in [0.4, 0.5) is 11.5 Å². The number of aromatic nitrogens is 2. The molecule has 0 atom stereocenters. The van der Waals surface area contributed by atoms with Crippen LogP contribution in [-0.2, 0) is 11.2 Å². The summed E-state index contributed by atoms with van der Waals surface area (Å²) in [6.07, 6.45) is 5.67. The van der Waals surface area contributed by atoms with Crippen molar-refractivity contribution in [2.24, 2.45) is 5.92 Å². The first-order chi connectivity index (χ1) is 10.6. The third kappa shape index (κ3) is 4.73. The van der Waals surface area contributed by atoms with E-state index in [0.29, 0.717) is 42.6 Å². The van der Waals surface area contributed by atoms with E-state index in [1.165, 1.54) is 25.7 Å². The average molecular weight is 308 g/mol. The quantitative estimate of drug-likeness (QED) is 0.718. The molecule has 2 rings (SSSR count). The third-order valence-electron chi connectivity index (χ3n) is 3.77. The molecular formula is C16H28N4O2. The van der Waals surface area contributed by atoms with E-state index in [2.05, 4.69) is 29.1 Å². The molecule has 1 heterocycles. The molecule has 22 heavy (non-hydrogen) atoms. The minimum atomic E-state index is 0.432. The van der Waals surface area contributed by atoms with Crippen LogP contribution >= 0.6 is 0 Å². The van der Waals surface area contributed by atoms with Crippen molar-refractivity contribution in [1.82, 2.24) is 9.97 Å². The van der Waals surface area contributed by atoms with E-state index in [4.69, 9.17) is 15.2 Å². The van der Waals surface area contributed by atoms with E-state index >= 15 is 0 Å². The van der Waals surface area contributed by atoms with Gasteiger partial charge in [-0.3, -0.25) is 0 Å². The minimum absolute atomic E-state index is 0.432. The third-order valence-corrected chi connectivity index (χ3v) is 3.77. The lowest BCUT2D eigenvalue weighted by Crippen LogP contribution is -2.19. The Bertz CT molecular complexity index is 473. The first-order valence-corrected chi connectivity index (χ1v) is 8.14. The Balaban J connectivity index is 2.18. The summed E-state index contributed by atoms with van der Waals surface area (Å²) in [6, 6.07) is 0.455. The highest BCUT2D eigenvalue weighted by Crippen LogP contribution is 2.30. The number of nitrogens with two attached hydrogens (primary N) is 1. The summed E-state index contributed by atoms with van der Waals surface area (Å²) in [5, 5.41) is 3.47. The Morgan fingerprint density at radius 3 is 2.59 bits per heavy atom. The fourth-order valence-corrected chi connectivity index (χ4v) is 2.65. The van der Waals surface area contributed by atoms with E-state index in [1.54, 1.807) is 7.11 Å². The topological polar surface area (TPSA) is 82.3 Å². The van der Waals surface area contributed by atoms with Gasteiger partial charge in [0, 0.05) is 19.6 Å². The number of nitrogens with one attached hydrogen (secondary N) is 1. The van der Waals surface area contributed by atoms with Gasteiger partial charge in [0.25, 0.3) is 0 Å². The average Bonchev–Trinajstić information content (AvgIpc) is 2.96. The molecule has 3 N–H and O–H groups in total. The van der Waals surface area contributed by atoms with Gasteiger partial charge in [0.2, 0.25) is 5.88 Å². The maximum atomic E-state index is 6.19. The first kappa shape index (κ1) is 16.8. The molecule has 124 valence electrons. The highest BCUT2D eigenvalue weighted by Gasteiger charge is 2.19. The Morgan fingerprint density at radius 2 is 1.95 bits per heavy atom. The monoisotopic (exact) mass is 308 g/mol. The highest BCUT2D eigenvalue weighted by molar-refractivity contribution is 5.67. The summed E-state index contributed by atoms with van der Waals surface area (Å²) in [6.45, 7) is 5.24. The molecule has 0 spiro atoms. The van der Waals surface area contributed by atoms with Crippen LogP contribution in [0.5, 0.6) is 5.88 Å². The van der Waals surface area contributed by atoms with Crippen molar-refractivity contribution in [3.05, 3.63) is 5.82 Å². The van der Waals surface area contributed by atoms with E-state index in [-0.39, 0.29) is 0 Å². The van der Waals surface area contributed by atoms with E-state index in [0.717, 1.165) is 12.2 Å². The van der Waals surface area contributed by atoms with E-state index in [9.17, 15) is 0 Å². The largest absolute Gasteiger partial charge is 0.474 e. The van der Waals surface area contributed by atoms with Gasteiger partial charge in [-0.2, -0.15) is 4.98 Å². The molecule has 0 radical (unpaired) electrons. The molecule has 6 nitrogen and oxygen atoms in total. The maximum Gasteiger partial charge on any atom is 0.242 e. The van der Waals surface area contributed by atoms with E-state index in [1.807, 2.05) is 0 Å². The number of ether oxygens (including phenoxy) is 2. The summed E-state index contributed by atoms with van der Waals surface area (Å²) < 4.78 is 10.7. The zero-order chi connectivity index (χ0) is 15.9. The number of nitrogens with zero attached hydrogens (tertiary/aromatic N) is 2. The van der Waals surface area contributed by atoms with Crippen molar-refractivity contribution in [3.63, 3.8) is 0 Å². The Hall–Kier alpha value is -1.56. The zero-order valence-corrected chi connectivity index (χ0v) is 13.9. The molecule has 1 aromatic rings. The summed E-state index contributed by atoms with van der Waals surface area (Å²) in [5.41, 5.74) is 6.69. The summed E-state index contributed by atoms with van der Waals surface area (Å²) in [5.74, 6) is 2.43. The normalized spacial score (nSPS) is 15.5. The second kappa shape index (κ2) is 8.17. The van der Waals surface area contributed by atoms with Crippen LogP contribution in [0.25, 0.3) is 0 Å². The van der Waals surface area contributed by atoms with Crippen molar-refractivity contribution in [1.29, 1.82) is 0 Å². The van der Waals surface area contributed by atoms with Crippen LogP contribution in [0.3, 0.4) is 0 Å². The summed E-state index contributed by atoms with van der Waals surface area (Å²) in [7, 11) is 1.64. The number of hydrogen-bond donors (Lipinski definition) is 2. The van der Waals surface area contributed by atoms with Crippen molar-refractivity contribution in [2.75, 3.05) is 31.4 Å². The van der Waals surface area contributed by atoms with E-state index < -0.39 is 0 Å². The van der Waals surface area contributed by atoms with Gasteiger partial charge in [-0.25, -0.2) is 4.98 Å². The fraction of sp³-hybridized carbons (Fsp3) is 0.750. The Morgan fingerprint density at radius 1 is 1.23 bits per heavy atom. The molecule has 0 aliphatic heterocycles. The van der Waals surface area contributed by atoms with Gasteiger partial charge in [-0.1, -0.05) is 26.7 Å². The lowest BCUT2D eigenvalue weighted by Gasteiger charge is -2.18. The van der Waals surface area contributed by atoms with Crippen LogP contribution in [0.1, 0.15) is 45.4 Å². The maximum absolute atomic E-state index is 6.19. The number of nitrogen functional groups attached to an aromatic ring is 1. The van der Waals surface area contributed by atoms with Crippen LogP contribution in [0, 0.1) is 5.92 Å². The number of rotatable bonds is 8. The van der Waals surface area contributed by atoms with Crippen molar-refractivity contribution in [2.45, 2.75) is 52.0 Å². The standard InChI is InChI=1S/C16H28N4O2/c1-11(2)10-13-19-15(18-12-6-4-5-7-12)14(17)16(20-13)22-9-8-21-3/h11-12H,4-10,17H2,1-3H3,(H,18,19,20). The lowest BCUT2D eigenvalue weighted by atomic mass is 10.1. The van der Waals surface area contributed by atoms with Crippen molar-refractivity contribution in [3.8, 4) is 5.88 Å². The summed E-state index contributed by atoms with van der Waals surface area (Å²) in [4.78, 5) is 9.07. The molecule has 1 aromatic heterocycles. The van der Waals surface area contributed by atoms with Crippen molar-refractivity contribution < 1.29 is 9.47 Å². The van der Waals surface area contributed by atoms with Gasteiger partial charge in [0.1, 0.15) is 18.1 Å². The molecule has 0 saturated heterocycles. The Kier molecular flexibility index (Phi) is 6.24. The summed E-state index contributed by atoms with van der Waals surface area (Å²) >= 11 is 0. The van der Waals surface area contributed by atoms with Gasteiger partial charge >= 0.3 is 0 Å². The second-order valence-electron chi connectivity index (χ2n) is 6.27. The van der Waals surface area contributed by atoms with Crippen LogP contribution in [0.15, 0.2) is 0 Å². The number of hydrogen-bond acceptors (Lipinski definition) is 6.